The summed E-state index contributed by atoms with van der Waals surface area (Å²) in [5.74, 6) is 0.624. The summed E-state index contributed by atoms with van der Waals surface area (Å²) in [6, 6.07) is 6.15. The molecule has 17 heavy (non-hydrogen) atoms. The van der Waals surface area contributed by atoms with Crippen LogP contribution in [0, 0.1) is 5.92 Å². The van der Waals surface area contributed by atoms with Crippen molar-refractivity contribution in [3.05, 3.63) is 28.8 Å². The second-order valence-corrected chi connectivity index (χ2v) is 5.34. The lowest BCUT2D eigenvalue weighted by atomic mass is 10.1. The van der Waals surface area contributed by atoms with E-state index in [1.165, 1.54) is 0 Å². The minimum absolute atomic E-state index is 0.0294. The van der Waals surface area contributed by atoms with Crippen molar-refractivity contribution in [3.63, 3.8) is 0 Å². The van der Waals surface area contributed by atoms with Gasteiger partial charge in [0.2, 0.25) is 0 Å². The van der Waals surface area contributed by atoms with Crippen LogP contribution >= 0.6 is 11.6 Å². The molecule has 1 atom stereocenters. The largest absolute Gasteiger partial charge is 0.370 e. The fraction of sp³-hybridized carbons (Fsp3) is 0.571. The van der Waals surface area contributed by atoms with Gasteiger partial charge in [-0.1, -0.05) is 31.5 Å². The van der Waals surface area contributed by atoms with E-state index in [0.29, 0.717) is 5.92 Å². The Bertz CT molecular complexity index is 361. The fourth-order valence-electron chi connectivity index (χ4n) is 1.90. The highest BCUT2D eigenvalue weighted by atomic mass is 35.5. The normalized spacial score (nSPS) is 12.9. The lowest BCUT2D eigenvalue weighted by molar-refractivity contribution is 0.618. The van der Waals surface area contributed by atoms with E-state index in [9.17, 15) is 0 Å². The number of rotatable bonds is 5. The molecule has 0 saturated heterocycles. The molecule has 0 bridgehead atoms. The molecule has 0 amide bonds. The Morgan fingerprint density at radius 3 is 2.35 bits per heavy atom. The van der Waals surface area contributed by atoms with Crippen molar-refractivity contribution < 1.29 is 0 Å². The second-order valence-electron chi connectivity index (χ2n) is 4.93. The molecule has 0 saturated carbocycles. The van der Waals surface area contributed by atoms with E-state index in [0.717, 1.165) is 29.4 Å². The predicted octanol–water partition coefficient (Wildman–Crippen LogP) is 3.84. The van der Waals surface area contributed by atoms with Gasteiger partial charge in [-0.05, 0) is 37.5 Å². The molecule has 1 aromatic rings. The Hall–Kier alpha value is -0.730. The monoisotopic (exact) mass is 254 g/mol. The molecular formula is C14H23ClN2. The molecular weight excluding hydrogens is 232 g/mol. The lowest BCUT2D eigenvalue weighted by Crippen LogP contribution is -2.27. The highest BCUT2D eigenvalue weighted by Crippen LogP contribution is 2.29. The smallest absolute Gasteiger partial charge is 0.0642 e. The van der Waals surface area contributed by atoms with Gasteiger partial charge in [0.25, 0.3) is 0 Å². The number of hydrogen-bond acceptors (Lipinski definition) is 2. The fourth-order valence-corrected chi connectivity index (χ4v) is 2.21. The minimum Gasteiger partial charge on any atom is -0.370 e. The van der Waals surface area contributed by atoms with Crippen molar-refractivity contribution >= 4 is 17.3 Å². The molecule has 0 radical (unpaired) electrons. The number of hydrogen-bond donors (Lipinski definition) is 1. The molecule has 1 rings (SSSR count). The zero-order valence-electron chi connectivity index (χ0n) is 11.2. The van der Waals surface area contributed by atoms with Gasteiger partial charge in [-0.3, -0.25) is 0 Å². The predicted molar refractivity (Wildman–Crippen MR) is 76.8 cm³/mol. The number of anilines is 1. The summed E-state index contributed by atoms with van der Waals surface area (Å²) < 4.78 is 0. The molecule has 2 N–H and O–H groups in total. The van der Waals surface area contributed by atoms with Crippen molar-refractivity contribution in [2.75, 3.05) is 18.0 Å². The molecule has 0 aliphatic rings. The van der Waals surface area contributed by atoms with Gasteiger partial charge in [-0.25, -0.2) is 0 Å². The van der Waals surface area contributed by atoms with Crippen LogP contribution in [0.15, 0.2) is 18.2 Å². The Kier molecular flexibility index (Phi) is 5.29. The van der Waals surface area contributed by atoms with Crippen molar-refractivity contribution in [3.8, 4) is 0 Å². The van der Waals surface area contributed by atoms with E-state index in [1.807, 2.05) is 13.0 Å². The topological polar surface area (TPSA) is 29.3 Å². The zero-order chi connectivity index (χ0) is 13.0. The van der Waals surface area contributed by atoms with Gasteiger partial charge in [0.1, 0.15) is 0 Å². The third-order valence-electron chi connectivity index (χ3n) is 2.81. The van der Waals surface area contributed by atoms with Crippen LogP contribution in [0.3, 0.4) is 0 Å². The van der Waals surface area contributed by atoms with Crippen molar-refractivity contribution in [2.45, 2.75) is 33.7 Å². The number of nitrogens with zero attached hydrogens (tertiary/aromatic N) is 1. The average molecular weight is 255 g/mol. The van der Waals surface area contributed by atoms with Gasteiger partial charge in [-0.2, -0.15) is 0 Å². The summed E-state index contributed by atoms with van der Waals surface area (Å²) in [4.78, 5) is 2.30. The van der Waals surface area contributed by atoms with Crippen LogP contribution in [-0.2, 0) is 0 Å². The van der Waals surface area contributed by atoms with Crippen LogP contribution in [0.2, 0.25) is 5.02 Å². The van der Waals surface area contributed by atoms with Gasteiger partial charge < -0.3 is 10.6 Å². The summed E-state index contributed by atoms with van der Waals surface area (Å²) in [7, 11) is 0. The average Bonchev–Trinajstić information content (AvgIpc) is 2.25. The van der Waals surface area contributed by atoms with Gasteiger partial charge >= 0.3 is 0 Å². The van der Waals surface area contributed by atoms with Crippen LogP contribution in [0.4, 0.5) is 5.69 Å². The van der Waals surface area contributed by atoms with E-state index in [4.69, 9.17) is 17.3 Å². The van der Waals surface area contributed by atoms with Crippen LogP contribution in [0.5, 0.6) is 0 Å². The first-order valence-electron chi connectivity index (χ1n) is 6.25. The quantitative estimate of drug-likeness (QED) is 0.865. The Morgan fingerprint density at radius 2 is 1.94 bits per heavy atom. The first-order chi connectivity index (χ1) is 7.95. The number of benzene rings is 1. The molecule has 0 unspecified atom stereocenters. The minimum atomic E-state index is 0.0294. The van der Waals surface area contributed by atoms with Crippen molar-refractivity contribution in [2.24, 2.45) is 11.7 Å². The Balaban J connectivity index is 2.96. The zero-order valence-corrected chi connectivity index (χ0v) is 12.0. The summed E-state index contributed by atoms with van der Waals surface area (Å²) in [6.07, 6.45) is 0. The third-order valence-corrected chi connectivity index (χ3v) is 3.11. The van der Waals surface area contributed by atoms with E-state index in [-0.39, 0.29) is 6.04 Å². The van der Waals surface area contributed by atoms with Crippen LogP contribution in [-0.4, -0.2) is 13.1 Å². The van der Waals surface area contributed by atoms with Gasteiger partial charge in [0.05, 0.1) is 10.7 Å². The Morgan fingerprint density at radius 1 is 1.29 bits per heavy atom. The lowest BCUT2D eigenvalue weighted by Gasteiger charge is -2.26. The third kappa shape index (κ3) is 3.90. The van der Waals surface area contributed by atoms with E-state index < -0.39 is 0 Å². The van der Waals surface area contributed by atoms with E-state index >= 15 is 0 Å². The standard InChI is InChI=1S/C14H23ClN2/c1-5-17(9-10(2)3)14-7-6-12(11(4)16)8-13(14)15/h6-8,10-11H,5,9,16H2,1-4H3/t11-/m1/s1. The van der Waals surface area contributed by atoms with Crippen LogP contribution in [0.1, 0.15) is 39.3 Å². The molecule has 0 aromatic heterocycles. The van der Waals surface area contributed by atoms with Gasteiger partial charge in [0.15, 0.2) is 0 Å². The van der Waals surface area contributed by atoms with Crippen LogP contribution in [0.25, 0.3) is 0 Å². The maximum atomic E-state index is 6.33. The maximum Gasteiger partial charge on any atom is 0.0642 e. The molecule has 0 heterocycles. The highest BCUT2D eigenvalue weighted by Gasteiger charge is 2.11. The summed E-state index contributed by atoms with van der Waals surface area (Å²) >= 11 is 6.33. The first kappa shape index (κ1) is 14.3. The SMILES string of the molecule is CCN(CC(C)C)c1ccc([C@@H](C)N)cc1Cl. The molecule has 2 nitrogen and oxygen atoms in total. The second kappa shape index (κ2) is 6.27. The van der Waals surface area contributed by atoms with Gasteiger partial charge in [-0.15, -0.1) is 0 Å². The van der Waals surface area contributed by atoms with E-state index in [1.54, 1.807) is 0 Å². The molecule has 3 heteroatoms. The number of nitrogens with two attached hydrogens (primary N) is 1. The van der Waals surface area contributed by atoms with E-state index in [2.05, 4.69) is 37.8 Å². The molecule has 0 fully saturated rings. The number of halogens is 1. The summed E-state index contributed by atoms with van der Waals surface area (Å²) in [5, 5.41) is 0.794. The summed E-state index contributed by atoms with van der Waals surface area (Å²) in [6.45, 7) is 10.5. The molecule has 0 aliphatic heterocycles. The molecule has 0 aliphatic carbocycles. The van der Waals surface area contributed by atoms with Gasteiger partial charge in [0, 0.05) is 19.1 Å². The summed E-state index contributed by atoms with van der Waals surface area (Å²) in [5.41, 5.74) is 8.04. The molecule has 96 valence electrons. The molecule has 0 spiro atoms. The van der Waals surface area contributed by atoms with Crippen LogP contribution < -0.4 is 10.6 Å². The Labute approximate surface area is 110 Å². The molecule has 1 aromatic carbocycles. The van der Waals surface area contributed by atoms with Crippen molar-refractivity contribution in [1.82, 2.24) is 0 Å². The highest BCUT2D eigenvalue weighted by molar-refractivity contribution is 6.33. The maximum absolute atomic E-state index is 6.33. The first-order valence-corrected chi connectivity index (χ1v) is 6.63. The van der Waals surface area contributed by atoms with Crippen molar-refractivity contribution in [1.29, 1.82) is 0 Å².